The highest BCUT2D eigenvalue weighted by molar-refractivity contribution is 7.92. The Labute approximate surface area is 159 Å². The fraction of sp³-hybridized carbons (Fsp3) is 0.389. The Hall–Kier alpha value is -2.68. The third-order valence-electron chi connectivity index (χ3n) is 4.33. The third kappa shape index (κ3) is 5.40. The van der Waals surface area contributed by atoms with Crippen molar-refractivity contribution in [3.8, 4) is 0 Å². The van der Waals surface area contributed by atoms with Crippen molar-refractivity contribution < 1.29 is 13.2 Å². The van der Waals surface area contributed by atoms with E-state index in [4.69, 9.17) is 0 Å². The average molecular weight is 389 g/mol. The Bertz CT molecular complexity index is 915. The molecule has 3 rings (SSSR count). The highest BCUT2D eigenvalue weighted by Crippen LogP contribution is 2.23. The number of carbonyl (C=O) groups is 1. The van der Waals surface area contributed by atoms with E-state index in [0.29, 0.717) is 17.9 Å². The van der Waals surface area contributed by atoms with Gasteiger partial charge in [0, 0.05) is 18.8 Å². The number of piperidine rings is 1. The van der Waals surface area contributed by atoms with Crippen molar-refractivity contribution in [2.24, 2.45) is 5.92 Å². The number of benzene rings is 1. The number of amides is 1. The first-order chi connectivity index (χ1) is 12.8. The van der Waals surface area contributed by atoms with Gasteiger partial charge in [-0.05, 0) is 50.1 Å². The van der Waals surface area contributed by atoms with Crippen LogP contribution in [0.3, 0.4) is 0 Å². The number of rotatable bonds is 5. The minimum Gasteiger partial charge on any atom is -0.354 e. The lowest BCUT2D eigenvalue weighted by Crippen LogP contribution is -2.41. The summed E-state index contributed by atoms with van der Waals surface area (Å²) in [4.78, 5) is 14.8. The van der Waals surface area contributed by atoms with E-state index >= 15 is 0 Å². The minimum atomic E-state index is -3.37. The molecule has 1 aliphatic heterocycles. The molecule has 0 aliphatic carbocycles. The van der Waals surface area contributed by atoms with Crippen LogP contribution in [-0.2, 0) is 14.8 Å². The molecule has 2 heterocycles. The molecule has 0 saturated carbocycles. The summed E-state index contributed by atoms with van der Waals surface area (Å²) in [7, 11) is -3.37. The van der Waals surface area contributed by atoms with Crippen molar-refractivity contribution in [1.82, 2.24) is 10.2 Å². The molecule has 2 N–H and O–H groups in total. The van der Waals surface area contributed by atoms with E-state index < -0.39 is 10.0 Å². The molecule has 0 spiro atoms. The van der Waals surface area contributed by atoms with Crippen LogP contribution in [0.25, 0.3) is 0 Å². The number of aryl methyl sites for hydroxylation is 1. The molecule has 9 heteroatoms. The Balaban J connectivity index is 1.65. The number of anilines is 3. The zero-order valence-corrected chi connectivity index (χ0v) is 16.2. The van der Waals surface area contributed by atoms with Gasteiger partial charge < -0.3 is 10.2 Å². The number of nitrogens with zero attached hydrogens (tertiary/aromatic N) is 3. The Morgan fingerprint density at radius 3 is 2.67 bits per heavy atom. The fourth-order valence-electron chi connectivity index (χ4n) is 3.08. The summed E-state index contributed by atoms with van der Waals surface area (Å²) < 4.78 is 25.1. The van der Waals surface area contributed by atoms with E-state index in [1.807, 2.05) is 19.1 Å². The number of hydrogen-bond donors (Lipinski definition) is 2. The van der Waals surface area contributed by atoms with Crippen LogP contribution < -0.4 is 14.9 Å². The van der Waals surface area contributed by atoms with Crippen LogP contribution in [0, 0.1) is 12.8 Å². The molecule has 1 aliphatic rings. The molecule has 2 aromatic rings. The van der Waals surface area contributed by atoms with Gasteiger partial charge in [-0.25, -0.2) is 8.42 Å². The summed E-state index contributed by atoms with van der Waals surface area (Å²) in [5, 5.41) is 11.2. The van der Waals surface area contributed by atoms with Crippen LogP contribution in [0.2, 0.25) is 0 Å². The van der Waals surface area contributed by atoms with Crippen LogP contribution in [0.4, 0.5) is 17.2 Å². The van der Waals surface area contributed by atoms with Crippen molar-refractivity contribution in [2.75, 3.05) is 34.3 Å². The Morgan fingerprint density at radius 1 is 1.19 bits per heavy atom. The summed E-state index contributed by atoms with van der Waals surface area (Å²) in [5.41, 5.74) is 1.82. The quantitative estimate of drug-likeness (QED) is 0.811. The maximum absolute atomic E-state index is 12.7. The fourth-order valence-corrected chi connectivity index (χ4v) is 3.63. The normalized spacial score (nSPS) is 17.4. The lowest BCUT2D eigenvalue weighted by molar-refractivity contribution is -0.120. The van der Waals surface area contributed by atoms with Crippen LogP contribution in [0.1, 0.15) is 18.5 Å². The molecule has 0 bridgehead atoms. The van der Waals surface area contributed by atoms with E-state index in [1.54, 1.807) is 24.3 Å². The molecular weight excluding hydrogens is 366 g/mol. The van der Waals surface area contributed by atoms with E-state index in [-0.39, 0.29) is 11.8 Å². The molecule has 1 saturated heterocycles. The first-order valence-corrected chi connectivity index (χ1v) is 10.6. The molecule has 1 unspecified atom stereocenters. The second kappa shape index (κ2) is 7.91. The van der Waals surface area contributed by atoms with Gasteiger partial charge in [-0.2, -0.15) is 5.10 Å². The van der Waals surface area contributed by atoms with Gasteiger partial charge in [-0.1, -0.05) is 6.07 Å². The number of aromatic nitrogens is 2. The molecule has 27 heavy (non-hydrogen) atoms. The zero-order chi connectivity index (χ0) is 19.4. The van der Waals surface area contributed by atoms with Crippen molar-refractivity contribution in [1.29, 1.82) is 0 Å². The van der Waals surface area contributed by atoms with E-state index in [1.165, 1.54) is 0 Å². The predicted octanol–water partition coefficient (Wildman–Crippen LogP) is 2.01. The van der Waals surface area contributed by atoms with Gasteiger partial charge in [-0.3, -0.25) is 9.52 Å². The second-order valence-electron chi connectivity index (χ2n) is 6.76. The predicted molar refractivity (Wildman–Crippen MR) is 105 cm³/mol. The lowest BCUT2D eigenvalue weighted by Gasteiger charge is -2.32. The Kier molecular flexibility index (Phi) is 5.59. The number of hydrogen-bond acceptors (Lipinski definition) is 6. The summed E-state index contributed by atoms with van der Waals surface area (Å²) >= 11 is 0. The summed E-state index contributed by atoms with van der Waals surface area (Å²) in [6.07, 6.45) is 2.77. The van der Waals surface area contributed by atoms with Crippen LogP contribution >= 0.6 is 0 Å². The number of sulfonamides is 1. The van der Waals surface area contributed by atoms with Crippen LogP contribution in [0.5, 0.6) is 0 Å². The molecule has 1 amide bonds. The summed E-state index contributed by atoms with van der Waals surface area (Å²) in [6.45, 7) is 3.30. The van der Waals surface area contributed by atoms with Crippen molar-refractivity contribution in [2.45, 2.75) is 19.8 Å². The Morgan fingerprint density at radius 2 is 1.96 bits per heavy atom. The van der Waals surface area contributed by atoms with Gasteiger partial charge in [-0.15, -0.1) is 5.10 Å². The van der Waals surface area contributed by atoms with Gasteiger partial charge in [0.2, 0.25) is 15.9 Å². The van der Waals surface area contributed by atoms with Crippen LogP contribution in [0.15, 0.2) is 36.4 Å². The molecule has 8 nitrogen and oxygen atoms in total. The first-order valence-electron chi connectivity index (χ1n) is 8.74. The molecule has 144 valence electrons. The van der Waals surface area contributed by atoms with E-state index in [9.17, 15) is 13.2 Å². The maximum Gasteiger partial charge on any atom is 0.229 e. The minimum absolute atomic E-state index is 0.0868. The highest BCUT2D eigenvalue weighted by atomic mass is 32.2. The van der Waals surface area contributed by atoms with Gasteiger partial charge in [0.25, 0.3) is 0 Å². The molecule has 1 atom stereocenters. The second-order valence-corrected chi connectivity index (χ2v) is 8.51. The first kappa shape index (κ1) is 19.1. The molecule has 1 aromatic carbocycles. The highest BCUT2D eigenvalue weighted by Gasteiger charge is 2.26. The lowest BCUT2D eigenvalue weighted by atomic mass is 9.97. The van der Waals surface area contributed by atoms with Crippen molar-refractivity contribution in [3.63, 3.8) is 0 Å². The van der Waals surface area contributed by atoms with Gasteiger partial charge in [0.1, 0.15) is 0 Å². The topological polar surface area (TPSA) is 104 Å². The van der Waals surface area contributed by atoms with Crippen molar-refractivity contribution >= 4 is 33.1 Å². The van der Waals surface area contributed by atoms with Crippen molar-refractivity contribution in [3.05, 3.63) is 42.1 Å². The molecular formula is C18H23N5O3S. The van der Waals surface area contributed by atoms with Gasteiger partial charge in [0.15, 0.2) is 5.82 Å². The summed E-state index contributed by atoms with van der Waals surface area (Å²) in [6, 6.07) is 10.5. The molecule has 1 fully saturated rings. The monoisotopic (exact) mass is 389 g/mol. The summed E-state index contributed by atoms with van der Waals surface area (Å²) in [5.74, 6) is 0.516. The van der Waals surface area contributed by atoms with Gasteiger partial charge in [0.05, 0.1) is 23.6 Å². The average Bonchev–Trinajstić information content (AvgIpc) is 2.61. The molecule has 0 radical (unpaired) electrons. The van der Waals surface area contributed by atoms with E-state index in [0.717, 1.165) is 37.2 Å². The molecule has 1 aromatic heterocycles. The largest absolute Gasteiger partial charge is 0.354 e. The third-order valence-corrected chi connectivity index (χ3v) is 4.94. The standard InChI is InChI=1S/C18H23N5O3S/c1-13-8-9-17(21-20-13)23-10-4-5-14(12-23)18(24)19-15-6-3-7-16(11-15)22-27(2,25)26/h3,6-9,11,14,22H,4-5,10,12H2,1-2H3,(H,19,24). The SMILES string of the molecule is Cc1ccc(N2CCCC(C(=O)Nc3cccc(NS(C)(=O)=O)c3)C2)nn1. The van der Waals surface area contributed by atoms with Crippen LogP contribution in [-0.4, -0.2) is 43.9 Å². The maximum atomic E-state index is 12.7. The number of nitrogens with one attached hydrogen (secondary N) is 2. The smallest absolute Gasteiger partial charge is 0.229 e. The van der Waals surface area contributed by atoms with Gasteiger partial charge >= 0.3 is 0 Å². The van der Waals surface area contributed by atoms with E-state index in [2.05, 4.69) is 25.1 Å². The zero-order valence-electron chi connectivity index (χ0n) is 15.3. The number of carbonyl (C=O) groups excluding carboxylic acids is 1.